The summed E-state index contributed by atoms with van der Waals surface area (Å²) in [6.45, 7) is 0. The maximum atomic E-state index is 10.4. The SMILES string of the molecule is O=[C]c1cc(Cl)cc([C]=O)c1[C]=O. The summed E-state index contributed by atoms with van der Waals surface area (Å²) in [5.74, 6) is 0. The Hall–Kier alpha value is -1.48. The first-order valence-corrected chi connectivity index (χ1v) is 3.58. The zero-order chi connectivity index (χ0) is 9.84. The Bertz CT molecular complexity index is 342. The van der Waals surface area contributed by atoms with Gasteiger partial charge < -0.3 is 0 Å². The van der Waals surface area contributed by atoms with Gasteiger partial charge in [-0.1, -0.05) is 11.6 Å². The van der Waals surface area contributed by atoms with Crippen molar-refractivity contribution in [3.05, 3.63) is 33.8 Å². The van der Waals surface area contributed by atoms with Crippen LogP contribution < -0.4 is 0 Å². The molecule has 0 amide bonds. The lowest BCUT2D eigenvalue weighted by atomic mass is 10.0. The normalized spacial score (nSPS) is 9.31. The van der Waals surface area contributed by atoms with E-state index in [-0.39, 0.29) is 21.7 Å². The minimum atomic E-state index is -0.158. The monoisotopic (exact) mass is 193 g/mol. The first-order valence-electron chi connectivity index (χ1n) is 3.21. The van der Waals surface area contributed by atoms with Crippen LogP contribution in [0.25, 0.3) is 0 Å². The van der Waals surface area contributed by atoms with Crippen molar-refractivity contribution in [3.8, 4) is 0 Å². The van der Waals surface area contributed by atoms with Crippen molar-refractivity contribution in [2.45, 2.75) is 0 Å². The quantitative estimate of drug-likeness (QED) is 0.711. The Morgan fingerprint density at radius 2 is 1.38 bits per heavy atom. The van der Waals surface area contributed by atoms with Crippen LogP contribution in [0.1, 0.15) is 16.7 Å². The van der Waals surface area contributed by atoms with Gasteiger partial charge in [0.15, 0.2) is 0 Å². The van der Waals surface area contributed by atoms with Crippen LogP contribution in [-0.2, 0) is 14.4 Å². The maximum Gasteiger partial charge on any atom is 0.235 e. The fourth-order valence-corrected chi connectivity index (χ4v) is 1.10. The van der Waals surface area contributed by atoms with Gasteiger partial charge >= 0.3 is 0 Å². The van der Waals surface area contributed by atoms with Gasteiger partial charge in [0.1, 0.15) is 0 Å². The second-order valence-corrected chi connectivity index (χ2v) is 2.62. The molecule has 0 spiro atoms. The molecule has 13 heavy (non-hydrogen) atoms. The van der Waals surface area contributed by atoms with Crippen molar-refractivity contribution in [1.82, 2.24) is 0 Å². The molecule has 3 nitrogen and oxygen atoms in total. The third-order valence-corrected chi connectivity index (χ3v) is 1.64. The molecule has 0 saturated carbocycles. The number of benzene rings is 1. The van der Waals surface area contributed by atoms with E-state index in [2.05, 4.69) is 0 Å². The average Bonchev–Trinajstić information content (AvgIpc) is 2.16. The minimum absolute atomic E-state index is 0.0825. The van der Waals surface area contributed by atoms with E-state index in [9.17, 15) is 14.4 Å². The highest BCUT2D eigenvalue weighted by Gasteiger charge is 2.10. The minimum Gasteiger partial charge on any atom is -0.285 e. The second-order valence-electron chi connectivity index (χ2n) is 2.18. The fraction of sp³-hybridized carbons (Fsp3) is 0. The van der Waals surface area contributed by atoms with E-state index in [4.69, 9.17) is 11.6 Å². The lowest BCUT2D eigenvalue weighted by Gasteiger charge is -1.98. The molecule has 0 aliphatic heterocycles. The number of hydrogen-bond donors (Lipinski definition) is 0. The molecule has 0 unspecified atom stereocenters. The summed E-state index contributed by atoms with van der Waals surface area (Å²) in [6.07, 6.45) is 4.43. The highest BCUT2D eigenvalue weighted by Crippen LogP contribution is 2.17. The van der Waals surface area contributed by atoms with E-state index in [1.165, 1.54) is 31.0 Å². The van der Waals surface area contributed by atoms with Gasteiger partial charge in [0, 0.05) is 21.7 Å². The summed E-state index contributed by atoms with van der Waals surface area (Å²) in [4.78, 5) is 31.0. The summed E-state index contributed by atoms with van der Waals surface area (Å²) in [5, 5.41) is 0.177. The van der Waals surface area contributed by atoms with E-state index in [1.807, 2.05) is 0 Å². The van der Waals surface area contributed by atoms with Crippen LogP contribution in [0.5, 0.6) is 0 Å². The average molecular weight is 194 g/mol. The fourth-order valence-electron chi connectivity index (χ4n) is 0.878. The summed E-state index contributed by atoms with van der Waals surface area (Å²) < 4.78 is 0. The highest BCUT2D eigenvalue weighted by atomic mass is 35.5. The van der Waals surface area contributed by atoms with Crippen molar-refractivity contribution in [3.63, 3.8) is 0 Å². The first-order chi connectivity index (χ1) is 6.22. The van der Waals surface area contributed by atoms with Crippen LogP contribution >= 0.6 is 11.6 Å². The molecule has 1 aromatic rings. The predicted octanol–water partition coefficient (Wildman–Crippen LogP) is 0.713. The standard InChI is InChI=1S/C9H2ClO3/c10-8-1-6(3-11)9(5-13)7(2-8)4-12/h1-2H. The molecule has 0 heterocycles. The molecular weight excluding hydrogens is 192 g/mol. The molecule has 0 bridgehead atoms. The maximum absolute atomic E-state index is 10.4. The zero-order valence-corrected chi connectivity index (χ0v) is 7.01. The molecule has 0 aromatic heterocycles. The van der Waals surface area contributed by atoms with Gasteiger partial charge in [-0.25, -0.2) is 0 Å². The first kappa shape index (κ1) is 9.61. The van der Waals surface area contributed by atoms with Crippen LogP contribution in [0, 0.1) is 0 Å². The molecule has 0 N–H and O–H groups in total. The van der Waals surface area contributed by atoms with Gasteiger partial charge in [-0.05, 0) is 12.1 Å². The van der Waals surface area contributed by atoms with E-state index < -0.39 is 0 Å². The van der Waals surface area contributed by atoms with Gasteiger partial charge in [-0.15, -0.1) is 0 Å². The van der Waals surface area contributed by atoms with Crippen molar-refractivity contribution < 1.29 is 14.4 Å². The van der Waals surface area contributed by atoms with Gasteiger partial charge in [0.2, 0.25) is 18.9 Å². The molecule has 0 aliphatic carbocycles. The third kappa shape index (κ3) is 1.81. The van der Waals surface area contributed by atoms with Crippen LogP contribution in [0.4, 0.5) is 0 Å². The molecule has 4 heteroatoms. The predicted molar refractivity (Wildman–Crippen MR) is 45.8 cm³/mol. The topological polar surface area (TPSA) is 51.2 Å². The van der Waals surface area contributed by atoms with Gasteiger partial charge in [0.25, 0.3) is 0 Å². The lowest BCUT2D eigenvalue weighted by Crippen LogP contribution is -1.98. The van der Waals surface area contributed by atoms with Crippen molar-refractivity contribution in [1.29, 1.82) is 0 Å². The molecule has 0 saturated heterocycles. The Balaban J connectivity index is 3.50. The molecule has 1 rings (SSSR count). The van der Waals surface area contributed by atoms with Gasteiger partial charge in [-0.3, -0.25) is 14.4 Å². The van der Waals surface area contributed by atoms with E-state index in [1.54, 1.807) is 0 Å². The lowest BCUT2D eigenvalue weighted by molar-refractivity contribution is 0.556. The van der Waals surface area contributed by atoms with E-state index in [0.717, 1.165) is 0 Å². The molecule has 0 aliphatic rings. The highest BCUT2D eigenvalue weighted by molar-refractivity contribution is 6.31. The van der Waals surface area contributed by atoms with Crippen molar-refractivity contribution >= 4 is 30.5 Å². The molecule has 1 aromatic carbocycles. The van der Waals surface area contributed by atoms with Crippen LogP contribution in [0.2, 0.25) is 5.02 Å². The Morgan fingerprint density at radius 1 is 0.923 bits per heavy atom. The number of hydrogen-bond acceptors (Lipinski definition) is 3. The van der Waals surface area contributed by atoms with Crippen LogP contribution in [-0.4, -0.2) is 18.9 Å². The smallest absolute Gasteiger partial charge is 0.235 e. The molecule has 0 fully saturated rings. The van der Waals surface area contributed by atoms with Gasteiger partial charge in [0.05, 0.1) is 0 Å². The number of halogens is 1. The molecule has 0 atom stereocenters. The zero-order valence-electron chi connectivity index (χ0n) is 6.26. The third-order valence-electron chi connectivity index (χ3n) is 1.43. The molecular formula is C9H2ClO3. The van der Waals surface area contributed by atoms with Crippen molar-refractivity contribution in [2.75, 3.05) is 0 Å². The summed E-state index contributed by atoms with van der Waals surface area (Å²) >= 11 is 5.55. The van der Waals surface area contributed by atoms with E-state index in [0.29, 0.717) is 0 Å². The van der Waals surface area contributed by atoms with Crippen molar-refractivity contribution in [2.24, 2.45) is 0 Å². The Labute approximate surface area is 79.3 Å². The molecule has 63 valence electrons. The number of rotatable bonds is 3. The number of carbonyl (C=O) groups excluding carboxylic acids is 3. The van der Waals surface area contributed by atoms with Gasteiger partial charge in [-0.2, -0.15) is 0 Å². The van der Waals surface area contributed by atoms with E-state index >= 15 is 0 Å². The summed E-state index contributed by atoms with van der Waals surface area (Å²) in [6, 6.07) is 2.46. The molecule has 3 radical (unpaired) electrons. The largest absolute Gasteiger partial charge is 0.285 e. The summed E-state index contributed by atoms with van der Waals surface area (Å²) in [5.41, 5.74) is -0.323. The second kappa shape index (κ2) is 3.96. The summed E-state index contributed by atoms with van der Waals surface area (Å²) in [7, 11) is 0. The van der Waals surface area contributed by atoms with Crippen LogP contribution in [0.3, 0.4) is 0 Å². The van der Waals surface area contributed by atoms with Crippen LogP contribution in [0.15, 0.2) is 12.1 Å². The Morgan fingerprint density at radius 3 is 1.69 bits per heavy atom. The Kier molecular flexibility index (Phi) is 2.93.